The van der Waals surface area contributed by atoms with E-state index < -0.39 is 11.9 Å². The largest absolute Gasteiger partial charge is 0.385 e. The van der Waals surface area contributed by atoms with Gasteiger partial charge in [-0.2, -0.15) is 0 Å². The van der Waals surface area contributed by atoms with Crippen LogP contribution in [0.15, 0.2) is 41.5 Å². The van der Waals surface area contributed by atoms with Crippen LogP contribution in [0.4, 0.5) is 4.39 Å². The standard InChI is InChI=1S/C16H14Cl2FN3O/c1-16(15(19)23-8-14(20)22-16)10-2-3-21-13(6-10)9-4-11(17)7-12(18)5-9/h2-7,15H,8H2,1H3,(H2,20,22)/t15-,16+/m1/s1. The van der Waals surface area contributed by atoms with Gasteiger partial charge in [-0.1, -0.05) is 23.2 Å². The van der Waals surface area contributed by atoms with Crippen LogP contribution in [-0.2, 0) is 10.3 Å². The molecule has 4 nitrogen and oxygen atoms in total. The van der Waals surface area contributed by atoms with Gasteiger partial charge in [-0.3, -0.25) is 9.98 Å². The summed E-state index contributed by atoms with van der Waals surface area (Å²) >= 11 is 12.1. The molecule has 0 bridgehead atoms. The Bertz CT molecular complexity index is 763. The van der Waals surface area contributed by atoms with Crippen LogP contribution in [0.3, 0.4) is 0 Å². The van der Waals surface area contributed by atoms with Crippen molar-refractivity contribution in [3.63, 3.8) is 0 Å². The number of hydrogen-bond acceptors (Lipinski definition) is 4. The van der Waals surface area contributed by atoms with Crippen molar-refractivity contribution in [2.75, 3.05) is 6.61 Å². The van der Waals surface area contributed by atoms with E-state index in [-0.39, 0.29) is 12.4 Å². The Morgan fingerprint density at radius 3 is 2.65 bits per heavy atom. The van der Waals surface area contributed by atoms with E-state index in [0.29, 0.717) is 21.3 Å². The number of ether oxygens (including phenoxy) is 1. The summed E-state index contributed by atoms with van der Waals surface area (Å²) in [5.41, 5.74) is 6.44. The van der Waals surface area contributed by atoms with Crippen molar-refractivity contribution >= 4 is 29.0 Å². The molecular weight excluding hydrogens is 340 g/mol. The zero-order valence-corrected chi connectivity index (χ0v) is 13.8. The summed E-state index contributed by atoms with van der Waals surface area (Å²) in [4.78, 5) is 8.55. The number of aromatic nitrogens is 1. The molecule has 23 heavy (non-hydrogen) atoms. The molecule has 2 N–H and O–H groups in total. The number of halogens is 3. The number of pyridine rings is 1. The maximum atomic E-state index is 14.3. The first-order chi connectivity index (χ1) is 10.9. The molecule has 0 saturated carbocycles. The summed E-state index contributed by atoms with van der Waals surface area (Å²) in [6, 6.07) is 8.54. The first-order valence-electron chi connectivity index (χ1n) is 6.91. The molecule has 2 aromatic rings. The number of nitrogens with zero attached hydrogens (tertiary/aromatic N) is 2. The molecule has 0 fully saturated rings. The minimum Gasteiger partial charge on any atom is -0.385 e. The Morgan fingerprint density at radius 1 is 1.26 bits per heavy atom. The minimum atomic E-state index is -1.59. The van der Waals surface area contributed by atoms with E-state index in [1.165, 1.54) is 0 Å². The molecule has 2 heterocycles. The summed E-state index contributed by atoms with van der Waals surface area (Å²) < 4.78 is 19.4. The van der Waals surface area contributed by atoms with Crippen LogP contribution in [0.25, 0.3) is 11.3 Å². The lowest BCUT2D eigenvalue weighted by Crippen LogP contribution is -2.43. The zero-order valence-electron chi connectivity index (χ0n) is 12.3. The maximum Gasteiger partial charge on any atom is 0.228 e. The third-order valence-corrected chi connectivity index (χ3v) is 4.13. The van der Waals surface area contributed by atoms with Crippen LogP contribution in [0.1, 0.15) is 12.5 Å². The molecule has 0 aliphatic carbocycles. The zero-order chi connectivity index (χ0) is 16.6. The fraction of sp³-hybridized carbons (Fsp3) is 0.250. The van der Waals surface area contributed by atoms with Gasteiger partial charge in [0, 0.05) is 21.8 Å². The van der Waals surface area contributed by atoms with Gasteiger partial charge in [-0.25, -0.2) is 4.39 Å². The topological polar surface area (TPSA) is 60.5 Å². The molecule has 3 rings (SSSR count). The Labute approximate surface area is 143 Å². The number of nitrogens with two attached hydrogens (primary N) is 1. The molecule has 0 saturated heterocycles. The Morgan fingerprint density at radius 2 is 1.96 bits per heavy atom. The van der Waals surface area contributed by atoms with Gasteiger partial charge in [0.25, 0.3) is 0 Å². The smallest absolute Gasteiger partial charge is 0.228 e. The number of rotatable bonds is 2. The van der Waals surface area contributed by atoms with Crippen LogP contribution in [-0.4, -0.2) is 23.8 Å². The summed E-state index contributed by atoms with van der Waals surface area (Å²) in [5.74, 6) is 0.255. The van der Waals surface area contributed by atoms with Gasteiger partial charge in [-0.05, 0) is 42.8 Å². The number of hydrogen-bond donors (Lipinski definition) is 1. The normalized spacial score (nSPS) is 24.3. The van der Waals surface area contributed by atoms with Crippen LogP contribution in [0.2, 0.25) is 10.0 Å². The summed E-state index contributed by atoms with van der Waals surface area (Å²) in [6.07, 6.45) is -0.00870. The predicted octanol–water partition coefficient (Wildman–Crippen LogP) is 3.95. The third kappa shape index (κ3) is 3.17. The molecule has 120 valence electrons. The fourth-order valence-corrected chi connectivity index (χ4v) is 3.03. The lowest BCUT2D eigenvalue weighted by molar-refractivity contribution is -0.0796. The second-order valence-electron chi connectivity index (χ2n) is 5.47. The lowest BCUT2D eigenvalue weighted by Gasteiger charge is -2.33. The highest BCUT2D eigenvalue weighted by molar-refractivity contribution is 6.35. The summed E-state index contributed by atoms with van der Waals surface area (Å²) in [7, 11) is 0. The minimum absolute atomic E-state index is 0.0153. The highest BCUT2D eigenvalue weighted by Gasteiger charge is 2.40. The summed E-state index contributed by atoms with van der Waals surface area (Å²) in [6.45, 7) is 1.62. The van der Waals surface area contributed by atoms with Crippen LogP contribution in [0.5, 0.6) is 0 Å². The molecule has 0 radical (unpaired) electrons. The monoisotopic (exact) mass is 353 g/mol. The van der Waals surface area contributed by atoms with Crippen molar-refractivity contribution in [3.05, 3.63) is 52.1 Å². The molecule has 0 spiro atoms. The van der Waals surface area contributed by atoms with Crippen LogP contribution < -0.4 is 5.73 Å². The molecule has 1 aliphatic rings. The predicted molar refractivity (Wildman–Crippen MR) is 89.5 cm³/mol. The van der Waals surface area contributed by atoms with Crippen LogP contribution >= 0.6 is 23.2 Å². The van der Waals surface area contributed by atoms with Gasteiger partial charge in [0.05, 0.1) is 5.69 Å². The molecule has 1 aromatic carbocycles. The van der Waals surface area contributed by atoms with Gasteiger partial charge in [0.1, 0.15) is 18.0 Å². The van der Waals surface area contributed by atoms with Gasteiger partial charge in [0.2, 0.25) is 6.36 Å². The number of aliphatic imine (C=N–C) groups is 1. The molecule has 2 atom stereocenters. The average molecular weight is 354 g/mol. The molecule has 1 aliphatic heterocycles. The quantitative estimate of drug-likeness (QED) is 0.888. The van der Waals surface area contributed by atoms with E-state index in [4.69, 9.17) is 33.7 Å². The van der Waals surface area contributed by atoms with E-state index in [1.807, 2.05) is 0 Å². The van der Waals surface area contributed by atoms with Crippen LogP contribution in [0, 0.1) is 0 Å². The Hall–Kier alpha value is -1.69. The lowest BCUT2D eigenvalue weighted by atomic mass is 9.91. The molecule has 0 amide bonds. The molecule has 1 aromatic heterocycles. The van der Waals surface area contributed by atoms with Crippen molar-refractivity contribution in [1.82, 2.24) is 4.98 Å². The van der Waals surface area contributed by atoms with Gasteiger partial charge in [-0.15, -0.1) is 0 Å². The first kappa shape index (κ1) is 16.2. The van der Waals surface area contributed by atoms with Gasteiger partial charge >= 0.3 is 0 Å². The average Bonchev–Trinajstić information content (AvgIpc) is 2.50. The van der Waals surface area contributed by atoms with E-state index >= 15 is 0 Å². The number of amidine groups is 1. The first-order valence-corrected chi connectivity index (χ1v) is 7.67. The summed E-state index contributed by atoms with van der Waals surface area (Å²) in [5, 5.41) is 0.995. The van der Waals surface area contributed by atoms with Crippen molar-refractivity contribution in [2.24, 2.45) is 10.7 Å². The maximum absolute atomic E-state index is 14.3. The van der Waals surface area contributed by atoms with E-state index in [1.54, 1.807) is 43.5 Å². The molecule has 7 heteroatoms. The third-order valence-electron chi connectivity index (χ3n) is 3.70. The fourth-order valence-electron chi connectivity index (χ4n) is 2.50. The van der Waals surface area contributed by atoms with Crippen molar-refractivity contribution in [2.45, 2.75) is 18.8 Å². The number of benzene rings is 1. The highest BCUT2D eigenvalue weighted by atomic mass is 35.5. The van der Waals surface area contributed by atoms with Crippen molar-refractivity contribution < 1.29 is 9.13 Å². The second-order valence-corrected chi connectivity index (χ2v) is 6.34. The van der Waals surface area contributed by atoms with E-state index in [2.05, 4.69) is 9.98 Å². The van der Waals surface area contributed by atoms with Gasteiger partial charge in [0.15, 0.2) is 0 Å². The highest BCUT2D eigenvalue weighted by Crippen LogP contribution is 2.36. The molecular formula is C16H14Cl2FN3O. The molecule has 0 unspecified atom stereocenters. The SMILES string of the molecule is C[C@@]1(c2ccnc(-c3cc(Cl)cc(Cl)c3)c2)N=C(N)CO[C@H]1F. The van der Waals surface area contributed by atoms with E-state index in [0.717, 1.165) is 5.56 Å². The Balaban J connectivity index is 2.08. The number of alkyl halides is 1. The van der Waals surface area contributed by atoms with Crippen molar-refractivity contribution in [1.29, 1.82) is 0 Å². The van der Waals surface area contributed by atoms with E-state index in [9.17, 15) is 4.39 Å². The Kier molecular flexibility index (Phi) is 4.27. The second kappa shape index (κ2) is 6.07. The van der Waals surface area contributed by atoms with Crippen molar-refractivity contribution in [3.8, 4) is 11.3 Å². The van der Waals surface area contributed by atoms with Gasteiger partial charge < -0.3 is 10.5 Å².